The van der Waals surface area contributed by atoms with E-state index in [-0.39, 0.29) is 30.4 Å². The molecule has 2 atom stereocenters. The average molecular weight is 381 g/mol. The quantitative estimate of drug-likeness (QED) is 0.750. The molecule has 4 rings (SSSR count). The van der Waals surface area contributed by atoms with Crippen molar-refractivity contribution in [2.75, 3.05) is 17.2 Å². The van der Waals surface area contributed by atoms with Crippen LogP contribution >= 0.6 is 24.2 Å². The van der Waals surface area contributed by atoms with Gasteiger partial charge in [0.15, 0.2) is 0 Å². The Morgan fingerprint density at radius 1 is 1.40 bits per heavy atom. The molecule has 1 aliphatic heterocycles. The number of hydrogen-bond donors (Lipinski definition) is 3. The Labute approximate surface area is 156 Å². The van der Waals surface area contributed by atoms with Crippen LogP contribution in [0.3, 0.4) is 0 Å². The number of thioether (sulfide) groups is 1. The highest BCUT2D eigenvalue weighted by atomic mass is 35.5. The van der Waals surface area contributed by atoms with Gasteiger partial charge in [-0.2, -0.15) is 0 Å². The smallest absolute Gasteiger partial charge is 0.259 e. The van der Waals surface area contributed by atoms with Gasteiger partial charge in [0.05, 0.1) is 10.3 Å². The number of anilines is 1. The number of aromatic amines is 1. The number of amides is 1. The summed E-state index contributed by atoms with van der Waals surface area (Å²) < 4.78 is 0. The number of nitrogens with two attached hydrogens (primary N) is 1. The molecule has 4 N–H and O–H groups in total. The molecule has 1 amide bonds. The molecule has 3 heterocycles. The lowest BCUT2D eigenvalue weighted by Crippen LogP contribution is -2.36. The maximum absolute atomic E-state index is 12.5. The minimum Gasteiger partial charge on any atom is -0.349 e. The Bertz CT molecular complexity index is 794. The zero-order valence-electron chi connectivity index (χ0n) is 13.6. The number of rotatable bonds is 3. The zero-order chi connectivity index (χ0) is 16.5. The number of halogens is 1. The zero-order valence-corrected chi connectivity index (χ0v) is 15.3. The van der Waals surface area contributed by atoms with E-state index in [0.29, 0.717) is 0 Å². The van der Waals surface area contributed by atoms with Crippen LogP contribution in [-0.4, -0.2) is 45.2 Å². The summed E-state index contributed by atoms with van der Waals surface area (Å²) in [6.45, 7) is 0.813. The Hall–Kier alpha value is -1.77. The van der Waals surface area contributed by atoms with Crippen LogP contribution in [0.5, 0.6) is 0 Å². The van der Waals surface area contributed by atoms with Crippen LogP contribution in [0.25, 0.3) is 11.0 Å². The number of nitrogens with zero attached hydrogens (tertiary/aromatic N) is 3. The molecule has 0 radical (unpaired) electrons. The molecule has 0 aromatic carbocycles. The summed E-state index contributed by atoms with van der Waals surface area (Å²) >= 11 is 1.59. The van der Waals surface area contributed by atoms with Gasteiger partial charge in [-0.15, -0.1) is 24.2 Å². The predicted octanol–water partition coefficient (Wildman–Crippen LogP) is 1.77. The van der Waals surface area contributed by atoms with Crippen molar-refractivity contribution in [3.05, 3.63) is 29.7 Å². The Morgan fingerprint density at radius 3 is 3.08 bits per heavy atom. The van der Waals surface area contributed by atoms with Gasteiger partial charge < -0.3 is 20.9 Å². The van der Waals surface area contributed by atoms with Crippen LogP contribution in [-0.2, 0) is 4.79 Å². The Morgan fingerprint density at radius 2 is 2.28 bits per heavy atom. The monoisotopic (exact) mass is 380 g/mol. The molecular weight excluding hydrogens is 360 g/mol. The molecule has 0 spiro atoms. The molecule has 0 unspecified atom stereocenters. The largest absolute Gasteiger partial charge is 0.349 e. The minimum absolute atomic E-state index is 0. The molecule has 0 bridgehead atoms. The minimum atomic E-state index is -0.0110. The summed E-state index contributed by atoms with van der Waals surface area (Å²) in [5.74, 6) is 1.66. The van der Waals surface area contributed by atoms with Gasteiger partial charge in [-0.25, -0.2) is 9.97 Å². The summed E-state index contributed by atoms with van der Waals surface area (Å²) in [5, 5.41) is 4.07. The van der Waals surface area contributed by atoms with E-state index in [0.717, 1.165) is 53.3 Å². The van der Waals surface area contributed by atoms with E-state index in [1.165, 1.54) is 0 Å². The van der Waals surface area contributed by atoms with Gasteiger partial charge in [-0.1, -0.05) is 0 Å². The number of fused-ring (bicyclic) bond motifs is 1. The standard InChI is InChI=1S/C16H20N6OS.ClH/c17-10-1-2-11(7-10)21-16(23)13-8-22(5-6-24-13)15-12-3-4-18-14(12)19-9-20-15;/h3-4,8-11H,1-2,5-7,17H2,(H,21,23)(H,18,19,20);1H/t10-,11+;/m1./s1. The maximum Gasteiger partial charge on any atom is 0.259 e. The van der Waals surface area contributed by atoms with E-state index in [9.17, 15) is 4.79 Å². The molecule has 25 heavy (non-hydrogen) atoms. The maximum atomic E-state index is 12.5. The van der Waals surface area contributed by atoms with E-state index >= 15 is 0 Å². The molecule has 0 saturated heterocycles. The molecule has 2 aliphatic rings. The van der Waals surface area contributed by atoms with Crippen LogP contribution in [0.15, 0.2) is 29.7 Å². The van der Waals surface area contributed by atoms with Crippen LogP contribution in [0.1, 0.15) is 19.3 Å². The third kappa shape index (κ3) is 3.75. The van der Waals surface area contributed by atoms with Gasteiger partial charge in [0.2, 0.25) is 0 Å². The van der Waals surface area contributed by atoms with Gasteiger partial charge in [-0.05, 0) is 25.3 Å². The lowest BCUT2D eigenvalue weighted by molar-refractivity contribution is -0.117. The molecule has 9 heteroatoms. The first-order valence-electron chi connectivity index (χ1n) is 8.16. The topological polar surface area (TPSA) is 99.9 Å². The number of aromatic nitrogens is 3. The fraction of sp³-hybridized carbons (Fsp3) is 0.438. The third-order valence-electron chi connectivity index (χ3n) is 4.50. The summed E-state index contributed by atoms with van der Waals surface area (Å²) in [7, 11) is 0. The molecule has 2 aromatic heterocycles. The van der Waals surface area contributed by atoms with Gasteiger partial charge in [0, 0.05) is 36.8 Å². The van der Waals surface area contributed by atoms with Crippen LogP contribution in [0, 0.1) is 0 Å². The molecule has 7 nitrogen and oxygen atoms in total. The normalized spacial score (nSPS) is 23.2. The second-order valence-corrected chi connectivity index (χ2v) is 7.35. The van der Waals surface area contributed by atoms with E-state index < -0.39 is 0 Å². The lowest BCUT2D eigenvalue weighted by atomic mass is 10.2. The Balaban J connectivity index is 0.00000182. The number of hydrogen-bond acceptors (Lipinski definition) is 6. The van der Waals surface area contributed by atoms with Crippen molar-refractivity contribution in [3.8, 4) is 0 Å². The molecule has 1 aliphatic carbocycles. The van der Waals surface area contributed by atoms with Crippen molar-refractivity contribution in [3.63, 3.8) is 0 Å². The van der Waals surface area contributed by atoms with Gasteiger partial charge >= 0.3 is 0 Å². The summed E-state index contributed by atoms with van der Waals surface area (Å²) in [6.07, 6.45) is 8.10. The number of carbonyl (C=O) groups excluding carboxylic acids is 1. The number of H-pyrrole nitrogens is 1. The summed E-state index contributed by atoms with van der Waals surface area (Å²) in [5.41, 5.74) is 6.73. The molecule has 2 aromatic rings. The van der Waals surface area contributed by atoms with Crippen molar-refractivity contribution < 1.29 is 4.79 Å². The highest BCUT2D eigenvalue weighted by Crippen LogP contribution is 2.29. The van der Waals surface area contributed by atoms with Gasteiger partial charge in [0.25, 0.3) is 5.91 Å². The number of carbonyl (C=O) groups is 1. The molecule has 1 saturated carbocycles. The number of nitrogens with one attached hydrogen (secondary N) is 2. The van der Waals surface area contributed by atoms with Crippen molar-refractivity contribution in [1.82, 2.24) is 20.3 Å². The first kappa shape index (κ1) is 18.0. The third-order valence-corrected chi connectivity index (χ3v) is 5.49. The van der Waals surface area contributed by atoms with Crippen molar-refractivity contribution in [2.45, 2.75) is 31.3 Å². The molecule has 1 fully saturated rings. The van der Waals surface area contributed by atoms with Crippen molar-refractivity contribution >= 4 is 46.9 Å². The van der Waals surface area contributed by atoms with E-state index in [4.69, 9.17) is 5.73 Å². The fourth-order valence-electron chi connectivity index (χ4n) is 3.28. The fourth-order valence-corrected chi connectivity index (χ4v) is 4.18. The summed E-state index contributed by atoms with van der Waals surface area (Å²) in [4.78, 5) is 27.0. The lowest BCUT2D eigenvalue weighted by Gasteiger charge is -2.26. The summed E-state index contributed by atoms with van der Waals surface area (Å²) in [6, 6.07) is 2.36. The molecular formula is C16H21ClN6OS. The predicted molar refractivity (Wildman–Crippen MR) is 103 cm³/mol. The SMILES string of the molecule is Cl.N[C@@H]1CC[C@H](NC(=O)C2=CN(c3ncnc4[nH]ccc34)CCS2)C1. The van der Waals surface area contributed by atoms with E-state index in [2.05, 4.69) is 20.3 Å². The molecule has 134 valence electrons. The van der Waals surface area contributed by atoms with E-state index in [1.54, 1.807) is 18.1 Å². The van der Waals surface area contributed by atoms with Crippen molar-refractivity contribution in [2.24, 2.45) is 5.73 Å². The highest BCUT2D eigenvalue weighted by Gasteiger charge is 2.26. The highest BCUT2D eigenvalue weighted by molar-refractivity contribution is 8.04. The second-order valence-electron chi connectivity index (χ2n) is 6.22. The first-order chi connectivity index (χ1) is 11.7. The van der Waals surface area contributed by atoms with Crippen molar-refractivity contribution in [1.29, 1.82) is 0 Å². The first-order valence-corrected chi connectivity index (χ1v) is 9.15. The van der Waals surface area contributed by atoms with Crippen LogP contribution in [0.4, 0.5) is 5.82 Å². The van der Waals surface area contributed by atoms with E-state index in [1.807, 2.05) is 23.4 Å². The average Bonchev–Trinajstić information content (AvgIpc) is 3.23. The Kier molecular flexibility index (Phi) is 5.51. The van der Waals surface area contributed by atoms with Crippen LogP contribution in [0.2, 0.25) is 0 Å². The van der Waals surface area contributed by atoms with Gasteiger partial charge in [-0.3, -0.25) is 4.79 Å². The second kappa shape index (κ2) is 7.63. The van der Waals surface area contributed by atoms with Gasteiger partial charge in [0.1, 0.15) is 17.8 Å². The van der Waals surface area contributed by atoms with Crippen LogP contribution < -0.4 is 16.0 Å².